The van der Waals surface area contributed by atoms with E-state index in [1.807, 2.05) is 0 Å². The van der Waals surface area contributed by atoms with Gasteiger partial charge in [-0.15, -0.1) is 0 Å². The third-order valence-corrected chi connectivity index (χ3v) is 4.02. The normalized spacial score (nSPS) is 10.8. The van der Waals surface area contributed by atoms with Crippen molar-refractivity contribution < 1.29 is 22.7 Å². The van der Waals surface area contributed by atoms with Crippen LogP contribution in [-0.2, 0) is 14.8 Å². The molecule has 0 aromatic heterocycles. The van der Waals surface area contributed by atoms with Gasteiger partial charge in [0.25, 0.3) is 5.91 Å². The molecule has 0 aliphatic rings. The fourth-order valence-electron chi connectivity index (χ4n) is 2.05. The molecule has 2 rings (SSSR count). The molecule has 2 N–H and O–H groups in total. The standard InChI is InChI=1S/C16H15ClN2O5S/c1-24-16(21)12-5-3-4-6-14(12)18-15(20)11-8-7-10(9-13(11)17)19-25(2,22)23/h3-9,19H,1-2H3,(H,18,20). The second-order valence-electron chi connectivity index (χ2n) is 5.06. The van der Waals surface area contributed by atoms with E-state index in [4.69, 9.17) is 11.6 Å². The van der Waals surface area contributed by atoms with Gasteiger partial charge in [0, 0.05) is 5.69 Å². The van der Waals surface area contributed by atoms with Crippen LogP contribution >= 0.6 is 11.6 Å². The predicted octanol–water partition coefficient (Wildman–Crippen LogP) is 2.75. The van der Waals surface area contributed by atoms with E-state index in [9.17, 15) is 18.0 Å². The summed E-state index contributed by atoms with van der Waals surface area (Å²) in [7, 11) is -2.21. The van der Waals surface area contributed by atoms with E-state index >= 15 is 0 Å². The molecule has 0 spiro atoms. The number of benzene rings is 2. The lowest BCUT2D eigenvalue weighted by Crippen LogP contribution is -2.16. The number of amides is 1. The zero-order valence-corrected chi connectivity index (χ0v) is 14.9. The Kier molecular flexibility index (Phi) is 5.66. The summed E-state index contributed by atoms with van der Waals surface area (Å²) in [6.07, 6.45) is 1.01. The average molecular weight is 383 g/mol. The summed E-state index contributed by atoms with van der Waals surface area (Å²) in [6, 6.07) is 10.5. The van der Waals surface area contributed by atoms with Gasteiger partial charge in [-0.25, -0.2) is 13.2 Å². The SMILES string of the molecule is COC(=O)c1ccccc1NC(=O)c1ccc(NS(C)(=O)=O)cc1Cl. The molecule has 2 aromatic rings. The van der Waals surface area contributed by atoms with Gasteiger partial charge >= 0.3 is 5.97 Å². The highest BCUT2D eigenvalue weighted by atomic mass is 35.5. The molecular weight excluding hydrogens is 368 g/mol. The largest absolute Gasteiger partial charge is 0.465 e. The van der Waals surface area contributed by atoms with E-state index in [1.54, 1.807) is 18.2 Å². The molecule has 0 aliphatic heterocycles. The molecule has 7 nitrogen and oxygen atoms in total. The molecule has 0 atom stereocenters. The van der Waals surface area contributed by atoms with E-state index in [1.165, 1.54) is 31.4 Å². The highest BCUT2D eigenvalue weighted by Gasteiger charge is 2.16. The summed E-state index contributed by atoms with van der Waals surface area (Å²) >= 11 is 6.06. The van der Waals surface area contributed by atoms with Gasteiger partial charge in [-0.2, -0.15) is 0 Å². The van der Waals surface area contributed by atoms with Crippen LogP contribution in [0.4, 0.5) is 11.4 Å². The number of esters is 1. The molecule has 0 fully saturated rings. The maximum Gasteiger partial charge on any atom is 0.339 e. The minimum atomic E-state index is -3.45. The number of halogens is 1. The molecule has 1 amide bonds. The van der Waals surface area contributed by atoms with Gasteiger partial charge in [-0.1, -0.05) is 23.7 Å². The van der Waals surface area contributed by atoms with Crippen LogP contribution < -0.4 is 10.0 Å². The number of rotatable bonds is 5. The Morgan fingerprint density at radius 3 is 2.36 bits per heavy atom. The molecule has 9 heteroatoms. The smallest absolute Gasteiger partial charge is 0.339 e. The molecular formula is C16H15ClN2O5S. The quantitative estimate of drug-likeness (QED) is 0.774. The second-order valence-corrected chi connectivity index (χ2v) is 7.22. The lowest BCUT2D eigenvalue weighted by molar-refractivity contribution is 0.0602. The van der Waals surface area contributed by atoms with Crippen LogP contribution in [0.25, 0.3) is 0 Å². The topological polar surface area (TPSA) is 102 Å². The molecule has 0 saturated carbocycles. The first kappa shape index (κ1) is 18.8. The van der Waals surface area contributed by atoms with Gasteiger partial charge in [0.15, 0.2) is 0 Å². The van der Waals surface area contributed by atoms with Crippen LogP contribution in [0.2, 0.25) is 5.02 Å². The van der Waals surface area contributed by atoms with Crippen LogP contribution in [0.1, 0.15) is 20.7 Å². The Bertz CT molecular complexity index is 928. The fourth-order valence-corrected chi connectivity index (χ4v) is 2.87. The lowest BCUT2D eigenvalue weighted by Gasteiger charge is -2.11. The van der Waals surface area contributed by atoms with E-state index < -0.39 is 21.9 Å². The van der Waals surface area contributed by atoms with Crippen molar-refractivity contribution in [3.8, 4) is 0 Å². The second kappa shape index (κ2) is 7.54. The van der Waals surface area contributed by atoms with E-state index in [0.29, 0.717) is 0 Å². The van der Waals surface area contributed by atoms with Gasteiger partial charge in [-0.3, -0.25) is 9.52 Å². The Morgan fingerprint density at radius 2 is 1.76 bits per heavy atom. The number of methoxy groups -OCH3 is 1. The molecule has 0 saturated heterocycles. The number of para-hydroxylation sites is 1. The highest BCUT2D eigenvalue weighted by Crippen LogP contribution is 2.24. The van der Waals surface area contributed by atoms with Crippen LogP contribution in [0.5, 0.6) is 0 Å². The first-order chi connectivity index (χ1) is 11.7. The third-order valence-electron chi connectivity index (χ3n) is 3.10. The van der Waals surface area contributed by atoms with Crippen molar-refractivity contribution in [3.05, 3.63) is 58.6 Å². The summed E-state index contributed by atoms with van der Waals surface area (Å²) in [5, 5.41) is 2.64. The number of nitrogens with one attached hydrogen (secondary N) is 2. The molecule has 0 aliphatic carbocycles. The molecule has 0 bridgehead atoms. The number of anilines is 2. The maximum atomic E-state index is 12.4. The average Bonchev–Trinajstić information content (AvgIpc) is 2.53. The van der Waals surface area contributed by atoms with Gasteiger partial charge in [0.1, 0.15) is 0 Å². The zero-order chi connectivity index (χ0) is 18.6. The minimum Gasteiger partial charge on any atom is -0.465 e. The number of carbonyl (C=O) groups excluding carboxylic acids is 2. The summed E-state index contributed by atoms with van der Waals surface area (Å²) in [4.78, 5) is 24.1. The number of sulfonamides is 1. The van der Waals surface area contributed by atoms with E-state index in [-0.39, 0.29) is 27.5 Å². The monoisotopic (exact) mass is 382 g/mol. The van der Waals surface area contributed by atoms with Crippen LogP contribution in [0, 0.1) is 0 Å². The van der Waals surface area contributed by atoms with E-state index in [2.05, 4.69) is 14.8 Å². The summed E-state index contributed by atoms with van der Waals surface area (Å²) in [6.45, 7) is 0. The number of carbonyl (C=O) groups is 2. The molecule has 0 radical (unpaired) electrons. The first-order valence-electron chi connectivity index (χ1n) is 6.97. The predicted molar refractivity (Wildman–Crippen MR) is 95.7 cm³/mol. The van der Waals surface area contributed by atoms with Gasteiger partial charge < -0.3 is 10.1 Å². The molecule has 0 heterocycles. The van der Waals surface area contributed by atoms with Crippen molar-refractivity contribution in [2.24, 2.45) is 0 Å². The molecule has 132 valence electrons. The minimum absolute atomic E-state index is 0.0571. The van der Waals surface area contributed by atoms with E-state index in [0.717, 1.165) is 6.26 Å². The first-order valence-corrected chi connectivity index (χ1v) is 9.24. The summed E-state index contributed by atoms with van der Waals surface area (Å²) in [5.41, 5.74) is 0.831. The number of hydrogen-bond donors (Lipinski definition) is 2. The van der Waals surface area contributed by atoms with Gasteiger partial charge in [-0.05, 0) is 30.3 Å². The zero-order valence-electron chi connectivity index (χ0n) is 13.4. The van der Waals surface area contributed by atoms with Crippen molar-refractivity contribution in [1.29, 1.82) is 0 Å². The van der Waals surface area contributed by atoms with Crippen molar-refractivity contribution >= 4 is 44.9 Å². The van der Waals surface area contributed by atoms with Gasteiger partial charge in [0.2, 0.25) is 10.0 Å². The van der Waals surface area contributed by atoms with Crippen molar-refractivity contribution in [3.63, 3.8) is 0 Å². The Morgan fingerprint density at radius 1 is 1.08 bits per heavy atom. The number of ether oxygens (including phenoxy) is 1. The maximum absolute atomic E-state index is 12.4. The lowest BCUT2D eigenvalue weighted by atomic mass is 10.1. The van der Waals surface area contributed by atoms with Crippen LogP contribution in [0.3, 0.4) is 0 Å². The Labute approximate surface area is 150 Å². The number of hydrogen-bond acceptors (Lipinski definition) is 5. The highest BCUT2D eigenvalue weighted by molar-refractivity contribution is 7.92. The van der Waals surface area contributed by atoms with Crippen molar-refractivity contribution in [2.75, 3.05) is 23.4 Å². The molecule has 25 heavy (non-hydrogen) atoms. The molecule has 0 unspecified atom stereocenters. The Hall–Kier alpha value is -2.58. The van der Waals surface area contributed by atoms with Crippen LogP contribution in [-0.4, -0.2) is 33.7 Å². The Balaban J connectivity index is 2.26. The van der Waals surface area contributed by atoms with Crippen molar-refractivity contribution in [2.45, 2.75) is 0 Å². The summed E-state index contributed by atoms with van der Waals surface area (Å²) in [5.74, 6) is -1.14. The van der Waals surface area contributed by atoms with Crippen molar-refractivity contribution in [1.82, 2.24) is 0 Å². The molecule has 2 aromatic carbocycles. The van der Waals surface area contributed by atoms with Gasteiger partial charge in [0.05, 0.1) is 35.2 Å². The summed E-state index contributed by atoms with van der Waals surface area (Å²) < 4.78 is 29.4. The fraction of sp³-hybridized carbons (Fsp3) is 0.125. The van der Waals surface area contributed by atoms with Crippen LogP contribution in [0.15, 0.2) is 42.5 Å². The third kappa shape index (κ3) is 4.94.